The summed E-state index contributed by atoms with van der Waals surface area (Å²) in [5, 5.41) is 10.3. The monoisotopic (exact) mass is 240 g/mol. The molecule has 0 aromatic heterocycles. The molecule has 0 aliphatic heterocycles. The van der Waals surface area contributed by atoms with Crippen molar-refractivity contribution in [3.63, 3.8) is 0 Å². The number of ether oxygens (including phenoxy) is 1. The van der Waals surface area contributed by atoms with Crippen molar-refractivity contribution in [2.75, 3.05) is 6.61 Å². The quantitative estimate of drug-likeness (QED) is 0.796. The van der Waals surface area contributed by atoms with Crippen molar-refractivity contribution in [1.29, 1.82) is 0 Å². The first-order valence-electron chi connectivity index (χ1n) is 7.41. The lowest BCUT2D eigenvalue weighted by Crippen LogP contribution is -2.43. The van der Waals surface area contributed by atoms with Gasteiger partial charge in [0.25, 0.3) is 0 Å². The van der Waals surface area contributed by atoms with E-state index in [2.05, 4.69) is 0 Å². The van der Waals surface area contributed by atoms with Gasteiger partial charge >= 0.3 is 0 Å². The minimum Gasteiger partial charge on any atom is -0.388 e. The molecule has 2 fully saturated rings. The van der Waals surface area contributed by atoms with Crippen LogP contribution in [0.4, 0.5) is 0 Å². The van der Waals surface area contributed by atoms with Crippen molar-refractivity contribution in [2.45, 2.75) is 76.9 Å². The zero-order chi connectivity index (χ0) is 12.3. The first-order chi connectivity index (χ1) is 8.07. The summed E-state index contributed by atoms with van der Waals surface area (Å²) >= 11 is 0. The molecule has 1 unspecified atom stereocenters. The number of hydrogen-bond acceptors (Lipinski definition) is 2. The summed E-state index contributed by atoms with van der Waals surface area (Å²) in [6.45, 7) is 4.68. The van der Waals surface area contributed by atoms with Gasteiger partial charge < -0.3 is 9.84 Å². The molecule has 0 spiro atoms. The first-order valence-corrected chi connectivity index (χ1v) is 7.41. The Labute approximate surface area is 106 Å². The average Bonchev–Trinajstić information content (AvgIpc) is 2.86. The van der Waals surface area contributed by atoms with Crippen LogP contribution < -0.4 is 0 Å². The summed E-state index contributed by atoms with van der Waals surface area (Å²) in [7, 11) is 0. The van der Waals surface area contributed by atoms with E-state index >= 15 is 0 Å². The Morgan fingerprint density at radius 2 is 1.59 bits per heavy atom. The highest BCUT2D eigenvalue weighted by atomic mass is 16.5. The lowest BCUT2D eigenvalue weighted by Gasteiger charge is -2.34. The van der Waals surface area contributed by atoms with Gasteiger partial charge in [-0.3, -0.25) is 0 Å². The summed E-state index contributed by atoms with van der Waals surface area (Å²) < 4.78 is 6.12. The maximum Gasteiger partial charge on any atom is 0.0884 e. The molecule has 0 bridgehead atoms. The van der Waals surface area contributed by atoms with E-state index in [9.17, 15) is 5.11 Å². The molecule has 100 valence electrons. The molecular formula is C15H28O2. The molecule has 0 aromatic rings. The number of hydrogen-bond donors (Lipinski definition) is 1. The second kappa shape index (κ2) is 5.71. The maximum absolute atomic E-state index is 10.3. The van der Waals surface area contributed by atoms with Crippen LogP contribution in [0.1, 0.15) is 65.2 Å². The Hall–Kier alpha value is -0.0800. The molecule has 0 amide bonds. The van der Waals surface area contributed by atoms with E-state index in [-0.39, 0.29) is 6.10 Å². The molecule has 0 saturated heterocycles. The van der Waals surface area contributed by atoms with Gasteiger partial charge in [-0.05, 0) is 51.4 Å². The summed E-state index contributed by atoms with van der Waals surface area (Å²) in [6.07, 6.45) is 10.5. The summed E-state index contributed by atoms with van der Waals surface area (Å²) in [5.41, 5.74) is -0.687. The molecule has 2 rings (SSSR count). The Morgan fingerprint density at radius 3 is 2.12 bits per heavy atom. The fourth-order valence-electron chi connectivity index (χ4n) is 3.59. The van der Waals surface area contributed by atoms with E-state index in [1.807, 2.05) is 13.8 Å². The van der Waals surface area contributed by atoms with Gasteiger partial charge in [-0.25, -0.2) is 0 Å². The molecule has 0 aromatic carbocycles. The van der Waals surface area contributed by atoms with Crippen molar-refractivity contribution in [3.8, 4) is 0 Å². The van der Waals surface area contributed by atoms with Gasteiger partial charge in [-0.2, -0.15) is 0 Å². The fourth-order valence-corrected chi connectivity index (χ4v) is 3.59. The van der Waals surface area contributed by atoms with Gasteiger partial charge in [0.1, 0.15) is 0 Å². The van der Waals surface area contributed by atoms with Crippen LogP contribution in [0.2, 0.25) is 0 Å². The summed E-state index contributed by atoms with van der Waals surface area (Å²) in [6, 6.07) is 0. The Balaban J connectivity index is 1.86. The Bertz CT molecular complexity index is 220. The maximum atomic E-state index is 10.3. The van der Waals surface area contributed by atoms with Crippen LogP contribution in [0.3, 0.4) is 0 Å². The standard InChI is InChI=1S/C15H28O2/c1-15(2,16)14(13-9-5-6-10-13)17-11-12-7-3-4-8-12/h12-14,16H,3-11H2,1-2H3. The first kappa shape index (κ1) is 13.4. The SMILES string of the molecule is CC(C)(O)C(OCC1CCCC1)C1CCCC1. The van der Waals surface area contributed by atoms with Crippen molar-refractivity contribution < 1.29 is 9.84 Å². The third kappa shape index (κ3) is 3.69. The lowest BCUT2D eigenvalue weighted by atomic mass is 9.88. The highest BCUT2D eigenvalue weighted by molar-refractivity contribution is 4.87. The molecule has 17 heavy (non-hydrogen) atoms. The van der Waals surface area contributed by atoms with E-state index in [1.54, 1.807) is 0 Å². The normalized spacial score (nSPS) is 25.6. The molecule has 1 N–H and O–H groups in total. The lowest BCUT2D eigenvalue weighted by molar-refractivity contribution is -0.121. The van der Waals surface area contributed by atoms with Gasteiger partial charge in [0.05, 0.1) is 11.7 Å². The molecule has 2 nitrogen and oxygen atoms in total. The minimum absolute atomic E-state index is 0.0469. The smallest absolute Gasteiger partial charge is 0.0884 e. The summed E-state index contributed by atoms with van der Waals surface area (Å²) in [5.74, 6) is 1.33. The predicted octanol–water partition coefficient (Wildman–Crippen LogP) is 3.52. The molecule has 0 radical (unpaired) electrons. The fraction of sp³-hybridized carbons (Fsp3) is 1.00. The molecule has 0 heterocycles. The van der Waals surface area contributed by atoms with E-state index in [1.165, 1.54) is 51.4 Å². The van der Waals surface area contributed by atoms with Crippen molar-refractivity contribution in [2.24, 2.45) is 11.8 Å². The van der Waals surface area contributed by atoms with Crippen LogP contribution in [-0.2, 0) is 4.74 Å². The van der Waals surface area contributed by atoms with E-state index in [0.717, 1.165) is 12.5 Å². The van der Waals surface area contributed by atoms with Gasteiger partial charge in [0.15, 0.2) is 0 Å². The van der Waals surface area contributed by atoms with Crippen LogP contribution in [0, 0.1) is 11.8 Å². The van der Waals surface area contributed by atoms with Crippen LogP contribution in [0.15, 0.2) is 0 Å². The van der Waals surface area contributed by atoms with Crippen LogP contribution in [-0.4, -0.2) is 23.4 Å². The third-order valence-corrected chi connectivity index (χ3v) is 4.51. The second-order valence-electron chi connectivity index (χ2n) is 6.60. The van der Waals surface area contributed by atoms with E-state index < -0.39 is 5.60 Å². The van der Waals surface area contributed by atoms with Gasteiger partial charge in [0, 0.05) is 6.61 Å². The van der Waals surface area contributed by atoms with Crippen molar-refractivity contribution >= 4 is 0 Å². The largest absolute Gasteiger partial charge is 0.388 e. The average molecular weight is 240 g/mol. The zero-order valence-corrected chi connectivity index (χ0v) is 11.5. The predicted molar refractivity (Wildman–Crippen MR) is 70.0 cm³/mol. The highest BCUT2D eigenvalue weighted by Crippen LogP contribution is 2.35. The van der Waals surface area contributed by atoms with Crippen LogP contribution in [0.25, 0.3) is 0 Å². The topological polar surface area (TPSA) is 29.5 Å². The number of aliphatic hydroxyl groups is 1. The van der Waals surface area contributed by atoms with Crippen molar-refractivity contribution in [1.82, 2.24) is 0 Å². The molecule has 1 atom stereocenters. The van der Waals surface area contributed by atoms with Crippen molar-refractivity contribution in [3.05, 3.63) is 0 Å². The van der Waals surface area contributed by atoms with Gasteiger partial charge in [-0.1, -0.05) is 25.7 Å². The number of rotatable bonds is 5. The molecule has 2 aliphatic carbocycles. The zero-order valence-electron chi connectivity index (χ0n) is 11.5. The third-order valence-electron chi connectivity index (χ3n) is 4.51. The molecule has 2 saturated carbocycles. The van der Waals surface area contributed by atoms with Gasteiger partial charge in [-0.15, -0.1) is 0 Å². The second-order valence-corrected chi connectivity index (χ2v) is 6.60. The Morgan fingerprint density at radius 1 is 1.06 bits per heavy atom. The van der Waals surface area contributed by atoms with Gasteiger partial charge in [0.2, 0.25) is 0 Å². The molecule has 2 heteroatoms. The molecular weight excluding hydrogens is 212 g/mol. The van der Waals surface area contributed by atoms with Crippen LogP contribution in [0.5, 0.6) is 0 Å². The Kier molecular flexibility index (Phi) is 4.48. The highest BCUT2D eigenvalue weighted by Gasteiger charge is 2.36. The van der Waals surface area contributed by atoms with E-state index in [4.69, 9.17) is 4.74 Å². The van der Waals surface area contributed by atoms with E-state index in [0.29, 0.717) is 5.92 Å². The van der Waals surface area contributed by atoms with Crippen LogP contribution >= 0.6 is 0 Å². The minimum atomic E-state index is -0.687. The molecule has 2 aliphatic rings. The summed E-state index contributed by atoms with van der Waals surface area (Å²) in [4.78, 5) is 0.